The van der Waals surface area contributed by atoms with Crippen LogP contribution in [-0.4, -0.2) is 50.0 Å². The number of pyridine rings is 1. The molecule has 1 fully saturated rings. The molecule has 5 rings (SSSR count). The monoisotopic (exact) mass is 478 g/mol. The van der Waals surface area contributed by atoms with Gasteiger partial charge in [-0.3, -0.25) is 4.79 Å². The molecule has 11 heteroatoms. The molecule has 0 unspecified atom stereocenters. The smallest absolute Gasteiger partial charge is 0.241 e. The number of aryl methyl sites for hydroxylation is 1. The van der Waals surface area contributed by atoms with E-state index in [4.69, 9.17) is 0 Å². The molecule has 0 spiro atoms. The summed E-state index contributed by atoms with van der Waals surface area (Å²) in [7, 11) is 0. The van der Waals surface area contributed by atoms with Crippen LogP contribution in [-0.2, 0) is 4.79 Å². The zero-order valence-electron chi connectivity index (χ0n) is 19.5. The Morgan fingerprint density at radius 3 is 2.63 bits per heavy atom. The van der Waals surface area contributed by atoms with E-state index in [0.717, 1.165) is 6.20 Å². The second kappa shape index (κ2) is 8.99. The van der Waals surface area contributed by atoms with Gasteiger partial charge in [0.15, 0.2) is 11.6 Å². The number of imidazole rings is 1. The quantitative estimate of drug-likeness (QED) is 0.451. The van der Waals surface area contributed by atoms with Crippen LogP contribution in [0.5, 0.6) is 0 Å². The van der Waals surface area contributed by atoms with Gasteiger partial charge in [0.25, 0.3) is 0 Å². The van der Waals surface area contributed by atoms with Crippen molar-refractivity contribution < 1.29 is 13.6 Å². The molecule has 1 aromatic carbocycles. The summed E-state index contributed by atoms with van der Waals surface area (Å²) in [5, 5.41) is 5.97. The van der Waals surface area contributed by atoms with Gasteiger partial charge >= 0.3 is 0 Å². The van der Waals surface area contributed by atoms with Crippen molar-refractivity contribution in [2.75, 3.05) is 29.9 Å². The molecule has 180 valence electrons. The molecule has 4 aromatic rings. The van der Waals surface area contributed by atoms with E-state index in [1.54, 1.807) is 29.3 Å². The van der Waals surface area contributed by atoms with Crippen molar-refractivity contribution in [2.24, 2.45) is 0 Å². The summed E-state index contributed by atoms with van der Waals surface area (Å²) in [5.74, 6) is -0.0514. The normalized spacial score (nSPS) is 14.2. The Labute approximate surface area is 200 Å². The highest BCUT2D eigenvalue weighted by molar-refractivity contribution is 5.95. The van der Waals surface area contributed by atoms with Gasteiger partial charge in [-0.2, -0.15) is 0 Å². The molecule has 1 amide bonds. The van der Waals surface area contributed by atoms with Gasteiger partial charge in [-0.1, -0.05) is 0 Å². The zero-order chi connectivity index (χ0) is 24.7. The molecule has 1 aliphatic rings. The topological polar surface area (TPSA) is 101 Å². The number of nitrogens with one attached hydrogen (secondary N) is 2. The summed E-state index contributed by atoms with van der Waals surface area (Å²) in [5.41, 5.74) is 1.73. The van der Waals surface area contributed by atoms with Crippen molar-refractivity contribution in [3.05, 3.63) is 54.1 Å². The Kier molecular flexibility index (Phi) is 5.85. The molecule has 1 aliphatic heterocycles. The lowest BCUT2D eigenvalue weighted by Crippen LogP contribution is -2.48. The summed E-state index contributed by atoms with van der Waals surface area (Å²) in [4.78, 5) is 30.7. The number of amides is 1. The van der Waals surface area contributed by atoms with E-state index in [9.17, 15) is 13.6 Å². The van der Waals surface area contributed by atoms with Crippen LogP contribution in [0.3, 0.4) is 0 Å². The fraction of sp³-hybridized carbons (Fsp3) is 0.292. The molecular formula is C24H24F2N8O. The predicted molar refractivity (Wildman–Crippen MR) is 129 cm³/mol. The first-order valence-corrected chi connectivity index (χ1v) is 11.3. The van der Waals surface area contributed by atoms with E-state index < -0.39 is 11.6 Å². The first kappa shape index (κ1) is 22.8. The standard InChI is InChI=1S/C24H24F2N8O/c1-13(2)34-14(3)30-23-17(25)8-15(9-19(23)34)22-18(26)11-29-24(32-22)31-20-5-4-16(10-28-20)33-7-6-27-12-21(33)35/h4-5,8-11,13,27H,6-7,12H2,1-3H3,(H,28,29,31,32). The maximum absolute atomic E-state index is 14.9. The number of halogens is 2. The van der Waals surface area contributed by atoms with Crippen LogP contribution < -0.4 is 15.5 Å². The first-order valence-electron chi connectivity index (χ1n) is 11.3. The van der Waals surface area contributed by atoms with Gasteiger partial charge in [-0.15, -0.1) is 0 Å². The molecule has 0 atom stereocenters. The summed E-state index contributed by atoms with van der Waals surface area (Å²) in [6.07, 6.45) is 2.61. The van der Waals surface area contributed by atoms with Gasteiger partial charge in [0, 0.05) is 24.7 Å². The summed E-state index contributed by atoms with van der Waals surface area (Å²) < 4.78 is 31.5. The van der Waals surface area contributed by atoms with E-state index in [2.05, 4.69) is 30.6 Å². The third-order valence-corrected chi connectivity index (χ3v) is 5.85. The first-order chi connectivity index (χ1) is 16.8. The van der Waals surface area contributed by atoms with Crippen molar-refractivity contribution >= 4 is 34.4 Å². The largest absolute Gasteiger partial charge is 0.326 e. The van der Waals surface area contributed by atoms with Crippen LogP contribution in [0, 0.1) is 18.6 Å². The van der Waals surface area contributed by atoms with Crippen LogP contribution in [0.2, 0.25) is 0 Å². The highest BCUT2D eigenvalue weighted by atomic mass is 19.1. The summed E-state index contributed by atoms with van der Waals surface area (Å²) in [6.45, 7) is 7.32. The Morgan fingerprint density at radius 1 is 1.09 bits per heavy atom. The Hall–Kier alpha value is -3.99. The lowest BCUT2D eigenvalue weighted by molar-refractivity contribution is -0.118. The minimum absolute atomic E-state index is 0.0246. The van der Waals surface area contributed by atoms with E-state index >= 15 is 0 Å². The molecule has 0 saturated carbocycles. The second-order valence-corrected chi connectivity index (χ2v) is 8.59. The Morgan fingerprint density at radius 2 is 1.91 bits per heavy atom. The SMILES string of the molecule is Cc1nc2c(F)cc(-c3nc(Nc4ccc(N5CCNCC5=O)cn4)ncc3F)cc2n1C(C)C. The van der Waals surface area contributed by atoms with Crippen molar-refractivity contribution in [1.29, 1.82) is 0 Å². The number of benzene rings is 1. The van der Waals surface area contributed by atoms with Crippen molar-refractivity contribution in [3.8, 4) is 11.3 Å². The minimum Gasteiger partial charge on any atom is -0.326 e. The van der Waals surface area contributed by atoms with Gasteiger partial charge in [0.2, 0.25) is 11.9 Å². The van der Waals surface area contributed by atoms with Crippen LogP contribution in [0.25, 0.3) is 22.3 Å². The molecular weight excluding hydrogens is 454 g/mol. The Balaban J connectivity index is 1.45. The van der Waals surface area contributed by atoms with Gasteiger partial charge in [-0.05, 0) is 45.0 Å². The van der Waals surface area contributed by atoms with E-state index in [1.807, 2.05) is 25.3 Å². The van der Waals surface area contributed by atoms with Gasteiger partial charge in [0.1, 0.15) is 22.9 Å². The number of anilines is 3. The number of carbonyl (C=O) groups is 1. The van der Waals surface area contributed by atoms with E-state index in [-0.39, 0.29) is 41.2 Å². The maximum atomic E-state index is 14.9. The number of piperazine rings is 1. The molecule has 0 aliphatic carbocycles. The van der Waals surface area contributed by atoms with E-state index in [1.165, 1.54) is 6.07 Å². The molecule has 0 radical (unpaired) electrons. The average Bonchev–Trinajstić information content (AvgIpc) is 3.18. The van der Waals surface area contributed by atoms with Crippen LogP contribution in [0.4, 0.5) is 26.2 Å². The maximum Gasteiger partial charge on any atom is 0.241 e. The van der Waals surface area contributed by atoms with Crippen LogP contribution in [0.1, 0.15) is 25.7 Å². The number of nitrogens with zero attached hydrogens (tertiary/aromatic N) is 6. The molecule has 2 N–H and O–H groups in total. The fourth-order valence-electron chi connectivity index (χ4n) is 4.30. The second-order valence-electron chi connectivity index (χ2n) is 8.59. The van der Waals surface area contributed by atoms with Crippen molar-refractivity contribution in [1.82, 2.24) is 29.8 Å². The molecule has 1 saturated heterocycles. The lowest BCUT2D eigenvalue weighted by atomic mass is 10.1. The Bertz CT molecular complexity index is 1420. The van der Waals surface area contributed by atoms with Crippen molar-refractivity contribution in [2.45, 2.75) is 26.8 Å². The predicted octanol–water partition coefficient (Wildman–Crippen LogP) is 3.74. The average molecular weight is 479 g/mol. The summed E-state index contributed by atoms with van der Waals surface area (Å²) in [6, 6.07) is 6.42. The van der Waals surface area contributed by atoms with Crippen LogP contribution >= 0.6 is 0 Å². The molecule has 3 aromatic heterocycles. The van der Waals surface area contributed by atoms with E-state index in [0.29, 0.717) is 35.9 Å². The number of carbonyl (C=O) groups excluding carboxylic acids is 1. The van der Waals surface area contributed by atoms with Gasteiger partial charge in [-0.25, -0.2) is 28.7 Å². The molecule has 4 heterocycles. The minimum atomic E-state index is -0.679. The number of fused-ring (bicyclic) bond motifs is 1. The fourth-order valence-corrected chi connectivity index (χ4v) is 4.30. The van der Waals surface area contributed by atoms with Crippen LogP contribution in [0.15, 0.2) is 36.7 Å². The van der Waals surface area contributed by atoms with Gasteiger partial charge in [0.05, 0.1) is 30.1 Å². The number of hydrogen-bond donors (Lipinski definition) is 2. The number of rotatable bonds is 5. The third-order valence-electron chi connectivity index (χ3n) is 5.85. The molecule has 35 heavy (non-hydrogen) atoms. The number of aromatic nitrogens is 5. The molecule has 0 bridgehead atoms. The van der Waals surface area contributed by atoms with Gasteiger partial charge < -0.3 is 20.1 Å². The lowest BCUT2D eigenvalue weighted by Gasteiger charge is -2.27. The summed E-state index contributed by atoms with van der Waals surface area (Å²) >= 11 is 0. The highest BCUT2D eigenvalue weighted by Crippen LogP contribution is 2.30. The van der Waals surface area contributed by atoms with Crippen molar-refractivity contribution in [3.63, 3.8) is 0 Å². The molecule has 9 nitrogen and oxygen atoms in total. The number of hydrogen-bond acceptors (Lipinski definition) is 7. The zero-order valence-corrected chi connectivity index (χ0v) is 19.5. The highest BCUT2D eigenvalue weighted by Gasteiger charge is 2.20. The third kappa shape index (κ3) is 4.30.